The summed E-state index contributed by atoms with van der Waals surface area (Å²) in [6, 6.07) is 10.4. The van der Waals surface area contributed by atoms with Crippen LogP contribution in [-0.2, 0) is 11.2 Å². The van der Waals surface area contributed by atoms with E-state index in [4.69, 9.17) is 5.73 Å². The van der Waals surface area contributed by atoms with E-state index in [0.717, 1.165) is 42.9 Å². The van der Waals surface area contributed by atoms with Gasteiger partial charge in [0.2, 0.25) is 11.8 Å². The van der Waals surface area contributed by atoms with Gasteiger partial charge in [-0.25, -0.2) is 0 Å². The van der Waals surface area contributed by atoms with E-state index >= 15 is 0 Å². The van der Waals surface area contributed by atoms with Gasteiger partial charge in [0, 0.05) is 36.3 Å². The van der Waals surface area contributed by atoms with Crippen molar-refractivity contribution >= 4 is 34.8 Å². The van der Waals surface area contributed by atoms with Crippen LogP contribution in [0.5, 0.6) is 0 Å². The van der Waals surface area contributed by atoms with E-state index < -0.39 is 5.91 Å². The number of amides is 3. The molecule has 7 nitrogen and oxygen atoms in total. The molecule has 0 atom stereocenters. The first-order valence-electron chi connectivity index (χ1n) is 9.94. The summed E-state index contributed by atoms with van der Waals surface area (Å²) in [6.07, 6.45) is 4.42. The molecule has 2 aliphatic heterocycles. The van der Waals surface area contributed by atoms with Crippen molar-refractivity contribution in [1.29, 1.82) is 0 Å². The molecule has 2 aliphatic rings. The van der Waals surface area contributed by atoms with Crippen LogP contribution in [0.4, 0.5) is 17.1 Å². The van der Waals surface area contributed by atoms with Gasteiger partial charge >= 0.3 is 0 Å². The molecule has 0 radical (unpaired) electrons. The van der Waals surface area contributed by atoms with Crippen LogP contribution in [0.25, 0.3) is 0 Å². The number of rotatable bonds is 4. The van der Waals surface area contributed by atoms with Gasteiger partial charge in [-0.05, 0) is 67.6 Å². The Kier molecular flexibility index (Phi) is 5.20. The normalized spacial score (nSPS) is 16.0. The number of piperidine rings is 1. The number of carbonyl (C=O) groups excluding carboxylic acids is 3. The molecule has 3 amide bonds. The molecule has 2 heterocycles. The Morgan fingerprint density at radius 1 is 0.966 bits per heavy atom. The summed E-state index contributed by atoms with van der Waals surface area (Å²) in [5, 5.41) is 5.78. The molecule has 4 N–H and O–H groups in total. The number of nitrogens with zero attached hydrogens (tertiary/aromatic N) is 1. The highest BCUT2D eigenvalue weighted by Crippen LogP contribution is 2.31. The average molecular weight is 392 g/mol. The SMILES string of the molecule is NC(=O)c1ccc(N2CCCCC2)c(NC(=O)c2ccc3c(c2)CCC(=O)N3)c1. The molecule has 0 unspecified atom stereocenters. The summed E-state index contributed by atoms with van der Waals surface area (Å²) in [4.78, 5) is 38.3. The highest BCUT2D eigenvalue weighted by molar-refractivity contribution is 6.07. The Balaban J connectivity index is 1.62. The number of hydrogen-bond donors (Lipinski definition) is 3. The van der Waals surface area contributed by atoms with Gasteiger partial charge in [0.25, 0.3) is 5.91 Å². The zero-order valence-corrected chi connectivity index (χ0v) is 16.2. The number of fused-ring (bicyclic) bond motifs is 1. The van der Waals surface area contributed by atoms with Crippen molar-refractivity contribution in [3.8, 4) is 0 Å². The Morgan fingerprint density at radius 3 is 2.48 bits per heavy atom. The van der Waals surface area contributed by atoms with Crippen LogP contribution in [0, 0.1) is 0 Å². The molecular formula is C22H24N4O3. The number of benzene rings is 2. The van der Waals surface area contributed by atoms with Crippen molar-refractivity contribution in [2.45, 2.75) is 32.1 Å². The summed E-state index contributed by atoms with van der Waals surface area (Å²) >= 11 is 0. The molecule has 0 aromatic heterocycles. The summed E-state index contributed by atoms with van der Waals surface area (Å²) < 4.78 is 0. The van der Waals surface area contributed by atoms with E-state index in [1.165, 1.54) is 6.42 Å². The van der Waals surface area contributed by atoms with Gasteiger partial charge in [-0.15, -0.1) is 0 Å². The molecule has 4 rings (SSSR count). The quantitative estimate of drug-likeness (QED) is 0.744. The van der Waals surface area contributed by atoms with Gasteiger partial charge in [0.15, 0.2) is 0 Å². The first-order chi connectivity index (χ1) is 14.0. The van der Waals surface area contributed by atoms with E-state index in [1.807, 2.05) is 12.1 Å². The number of hydrogen-bond acceptors (Lipinski definition) is 4. The van der Waals surface area contributed by atoms with Crippen molar-refractivity contribution in [3.05, 3.63) is 53.1 Å². The maximum Gasteiger partial charge on any atom is 0.255 e. The van der Waals surface area contributed by atoms with Crippen molar-refractivity contribution in [2.75, 3.05) is 28.6 Å². The zero-order valence-electron chi connectivity index (χ0n) is 16.2. The zero-order chi connectivity index (χ0) is 20.4. The molecule has 0 saturated carbocycles. The van der Waals surface area contributed by atoms with Gasteiger partial charge in [-0.1, -0.05) is 0 Å². The van der Waals surface area contributed by atoms with Gasteiger partial charge in [-0.2, -0.15) is 0 Å². The van der Waals surface area contributed by atoms with Crippen LogP contribution in [0.1, 0.15) is 52.0 Å². The Morgan fingerprint density at radius 2 is 1.72 bits per heavy atom. The number of nitrogens with one attached hydrogen (secondary N) is 2. The predicted molar refractivity (Wildman–Crippen MR) is 112 cm³/mol. The highest BCUT2D eigenvalue weighted by atomic mass is 16.2. The number of primary amides is 1. The van der Waals surface area contributed by atoms with E-state index in [1.54, 1.807) is 24.3 Å². The maximum atomic E-state index is 12.9. The minimum Gasteiger partial charge on any atom is -0.370 e. The fraction of sp³-hybridized carbons (Fsp3) is 0.318. The van der Waals surface area contributed by atoms with E-state index in [0.29, 0.717) is 29.7 Å². The maximum absolute atomic E-state index is 12.9. The van der Waals surface area contributed by atoms with Gasteiger partial charge in [0.1, 0.15) is 0 Å². The lowest BCUT2D eigenvalue weighted by Gasteiger charge is -2.30. The van der Waals surface area contributed by atoms with Crippen molar-refractivity contribution < 1.29 is 14.4 Å². The third-order valence-corrected chi connectivity index (χ3v) is 5.49. The molecular weight excluding hydrogens is 368 g/mol. The van der Waals surface area contributed by atoms with Crippen molar-refractivity contribution in [1.82, 2.24) is 0 Å². The molecule has 2 aromatic rings. The molecule has 0 aliphatic carbocycles. The van der Waals surface area contributed by atoms with Crippen LogP contribution in [0.15, 0.2) is 36.4 Å². The minimum atomic E-state index is -0.532. The number of anilines is 3. The van der Waals surface area contributed by atoms with Crippen LogP contribution in [0.2, 0.25) is 0 Å². The fourth-order valence-corrected chi connectivity index (χ4v) is 3.92. The smallest absolute Gasteiger partial charge is 0.255 e. The first-order valence-corrected chi connectivity index (χ1v) is 9.94. The Hall–Kier alpha value is -3.35. The third kappa shape index (κ3) is 4.08. The lowest BCUT2D eigenvalue weighted by atomic mass is 10.00. The largest absolute Gasteiger partial charge is 0.370 e. The van der Waals surface area contributed by atoms with Gasteiger partial charge in [-0.3, -0.25) is 14.4 Å². The lowest BCUT2D eigenvalue weighted by molar-refractivity contribution is -0.116. The predicted octanol–water partition coefficient (Wildman–Crippen LogP) is 2.91. The second-order valence-electron chi connectivity index (χ2n) is 7.52. The number of aryl methyl sites for hydroxylation is 1. The average Bonchev–Trinajstić information content (AvgIpc) is 2.73. The fourth-order valence-electron chi connectivity index (χ4n) is 3.92. The Bertz CT molecular complexity index is 980. The molecule has 2 aromatic carbocycles. The molecule has 1 saturated heterocycles. The number of nitrogens with two attached hydrogens (primary N) is 1. The second kappa shape index (κ2) is 7.95. The standard InChI is InChI=1S/C22H24N4O3/c23-21(28)15-5-8-19(26-10-2-1-3-11-26)18(13-15)25-22(29)16-4-7-17-14(12-16)6-9-20(27)24-17/h4-5,7-8,12-13H,1-3,6,9-11H2,(H2,23,28)(H,24,27)(H,25,29). The van der Waals surface area contributed by atoms with E-state index in [9.17, 15) is 14.4 Å². The molecule has 0 bridgehead atoms. The van der Waals surface area contributed by atoms with Crippen LogP contribution >= 0.6 is 0 Å². The molecule has 1 fully saturated rings. The van der Waals surface area contributed by atoms with Crippen molar-refractivity contribution in [3.63, 3.8) is 0 Å². The van der Waals surface area contributed by atoms with Crippen LogP contribution in [-0.4, -0.2) is 30.8 Å². The van der Waals surface area contributed by atoms with Gasteiger partial charge < -0.3 is 21.3 Å². The summed E-state index contributed by atoms with van der Waals surface area (Å²) in [5.74, 6) is -0.802. The summed E-state index contributed by atoms with van der Waals surface area (Å²) in [6.45, 7) is 1.83. The first kappa shape index (κ1) is 19.0. The van der Waals surface area contributed by atoms with Gasteiger partial charge in [0.05, 0.1) is 11.4 Å². The van der Waals surface area contributed by atoms with E-state index in [2.05, 4.69) is 15.5 Å². The molecule has 150 valence electrons. The molecule has 29 heavy (non-hydrogen) atoms. The molecule has 0 spiro atoms. The Labute approximate surface area is 169 Å². The number of carbonyl (C=O) groups is 3. The topological polar surface area (TPSA) is 105 Å². The summed E-state index contributed by atoms with van der Waals surface area (Å²) in [7, 11) is 0. The third-order valence-electron chi connectivity index (χ3n) is 5.49. The van der Waals surface area contributed by atoms with Crippen molar-refractivity contribution in [2.24, 2.45) is 5.73 Å². The van der Waals surface area contributed by atoms with Crippen LogP contribution < -0.4 is 21.3 Å². The minimum absolute atomic E-state index is 0.0101. The molecule has 7 heteroatoms. The monoisotopic (exact) mass is 392 g/mol. The van der Waals surface area contributed by atoms with Crippen LogP contribution in [0.3, 0.4) is 0 Å². The lowest BCUT2D eigenvalue weighted by Crippen LogP contribution is -2.30. The van der Waals surface area contributed by atoms with E-state index in [-0.39, 0.29) is 11.8 Å². The highest BCUT2D eigenvalue weighted by Gasteiger charge is 2.20. The summed E-state index contributed by atoms with van der Waals surface area (Å²) in [5.41, 5.74) is 9.48. The second-order valence-corrected chi connectivity index (χ2v) is 7.52.